The van der Waals surface area contributed by atoms with Gasteiger partial charge in [-0.1, -0.05) is 0 Å². The highest BCUT2D eigenvalue weighted by Crippen LogP contribution is 2.14. The molecule has 17 heavy (non-hydrogen) atoms. The van der Waals surface area contributed by atoms with E-state index in [1.54, 1.807) is 12.1 Å². The van der Waals surface area contributed by atoms with Crippen LogP contribution in [0, 0.1) is 28.6 Å². The lowest BCUT2D eigenvalue weighted by atomic mass is 9.98. The van der Waals surface area contributed by atoms with Gasteiger partial charge in [0.1, 0.15) is 11.7 Å². The Bertz CT molecular complexity index is 590. The molecule has 1 aromatic heterocycles. The Morgan fingerprint density at radius 2 is 2.29 bits per heavy atom. The quantitative estimate of drug-likeness (QED) is 0.705. The minimum atomic E-state index is -1.10. The van der Waals surface area contributed by atoms with E-state index >= 15 is 0 Å². The molecule has 0 aliphatic heterocycles. The number of anilines is 1. The largest absolute Gasteiger partial charge is 0.383 e. The third-order valence-electron chi connectivity index (χ3n) is 2.15. The van der Waals surface area contributed by atoms with Crippen LogP contribution in [-0.4, -0.2) is 15.3 Å². The van der Waals surface area contributed by atoms with Gasteiger partial charge in [-0.15, -0.1) is 0 Å². The molecular weight excluding hydrogens is 222 g/mol. The van der Waals surface area contributed by atoms with Gasteiger partial charge in [0.25, 0.3) is 0 Å². The minimum Gasteiger partial charge on any atom is -0.383 e. The van der Waals surface area contributed by atoms with E-state index in [0.717, 1.165) is 4.57 Å². The predicted molar refractivity (Wildman–Crippen MR) is 57.6 cm³/mol. The highest BCUT2D eigenvalue weighted by molar-refractivity contribution is 6.02. The third-order valence-corrected chi connectivity index (χ3v) is 2.15. The summed E-state index contributed by atoms with van der Waals surface area (Å²) in [5.41, 5.74) is 4.83. The molecule has 0 aromatic carbocycles. The van der Waals surface area contributed by atoms with Crippen molar-refractivity contribution >= 4 is 11.6 Å². The van der Waals surface area contributed by atoms with Gasteiger partial charge in [0.05, 0.1) is 24.1 Å². The molecule has 0 fully saturated rings. The molecule has 1 heterocycles. The fourth-order valence-electron chi connectivity index (χ4n) is 1.22. The van der Waals surface area contributed by atoms with Crippen molar-refractivity contribution in [1.82, 2.24) is 9.55 Å². The van der Waals surface area contributed by atoms with Crippen molar-refractivity contribution in [3.8, 4) is 12.1 Å². The SMILES string of the molecule is Cn1cc(C(=O)C(C#N)CC#N)c(N)nc1=O. The maximum absolute atomic E-state index is 11.8. The zero-order valence-corrected chi connectivity index (χ0v) is 9.04. The number of rotatable bonds is 3. The van der Waals surface area contributed by atoms with Crippen molar-refractivity contribution in [2.24, 2.45) is 13.0 Å². The minimum absolute atomic E-state index is 0.0195. The lowest BCUT2D eigenvalue weighted by Crippen LogP contribution is -2.25. The van der Waals surface area contributed by atoms with E-state index in [1.165, 1.54) is 13.2 Å². The number of aromatic nitrogens is 2. The van der Waals surface area contributed by atoms with Crippen molar-refractivity contribution in [3.05, 3.63) is 22.2 Å². The van der Waals surface area contributed by atoms with Crippen LogP contribution in [0.2, 0.25) is 0 Å². The van der Waals surface area contributed by atoms with Gasteiger partial charge in [-0.25, -0.2) is 4.79 Å². The van der Waals surface area contributed by atoms with E-state index in [0.29, 0.717) is 0 Å². The summed E-state index contributed by atoms with van der Waals surface area (Å²) >= 11 is 0. The van der Waals surface area contributed by atoms with Gasteiger partial charge in [0.15, 0.2) is 5.78 Å². The number of aryl methyl sites for hydroxylation is 1. The Labute approximate surface area is 96.7 Å². The third kappa shape index (κ3) is 2.47. The summed E-state index contributed by atoms with van der Waals surface area (Å²) in [5, 5.41) is 17.2. The smallest absolute Gasteiger partial charge is 0.349 e. The topological polar surface area (TPSA) is 126 Å². The fourth-order valence-corrected chi connectivity index (χ4v) is 1.22. The molecule has 0 radical (unpaired) electrons. The molecular formula is C10H9N5O2. The second-order valence-corrected chi connectivity index (χ2v) is 3.34. The zero-order chi connectivity index (χ0) is 13.0. The van der Waals surface area contributed by atoms with Crippen molar-refractivity contribution in [2.45, 2.75) is 6.42 Å². The molecule has 7 nitrogen and oxygen atoms in total. The van der Waals surface area contributed by atoms with Crippen LogP contribution in [0.4, 0.5) is 5.82 Å². The summed E-state index contributed by atoms with van der Waals surface area (Å²) in [6, 6.07) is 3.46. The van der Waals surface area contributed by atoms with E-state index in [9.17, 15) is 9.59 Å². The molecule has 0 aliphatic rings. The number of hydrogen-bond acceptors (Lipinski definition) is 6. The van der Waals surface area contributed by atoms with Crippen LogP contribution in [0.15, 0.2) is 11.0 Å². The normalized spacial score (nSPS) is 11.2. The summed E-state index contributed by atoms with van der Waals surface area (Å²) in [6.45, 7) is 0. The Hall–Kier alpha value is -2.67. The van der Waals surface area contributed by atoms with Crippen molar-refractivity contribution < 1.29 is 4.79 Å². The van der Waals surface area contributed by atoms with Crippen LogP contribution < -0.4 is 11.4 Å². The summed E-state index contributed by atoms with van der Waals surface area (Å²) in [5.74, 6) is -1.92. The maximum atomic E-state index is 11.8. The van der Waals surface area contributed by atoms with Gasteiger partial charge in [-0.3, -0.25) is 4.79 Å². The van der Waals surface area contributed by atoms with E-state index in [4.69, 9.17) is 16.3 Å². The first-order valence-corrected chi connectivity index (χ1v) is 4.65. The monoisotopic (exact) mass is 231 g/mol. The van der Waals surface area contributed by atoms with E-state index in [1.807, 2.05) is 0 Å². The second-order valence-electron chi connectivity index (χ2n) is 3.34. The average molecular weight is 231 g/mol. The summed E-state index contributed by atoms with van der Waals surface area (Å²) in [7, 11) is 1.41. The van der Waals surface area contributed by atoms with Gasteiger partial charge >= 0.3 is 5.69 Å². The zero-order valence-electron chi connectivity index (χ0n) is 9.04. The maximum Gasteiger partial charge on any atom is 0.349 e. The fraction of sp³-hybridized carbons (Fsp3) is 0.300. The number of hydrogen-bond donors (Lipinski definition) is 1. The number of carbonyl (C=O) groups is 1. The molecule has 0 saturated heterocycles. The van der Waals surface area contributed by atoms with Gasteiger partial charge in [-0.2, -0.15) is 15.5 Å². The molecule has 0 bridgehead atoms. The average Bonchev–Trinajstić information content (AvgIpc) is 2.30. The van der Waals surface area contributed by atoms with Crippen LogP contribution in [0.25, 0.3) is 0 Å². The predicted octanol–water partition coefficient (Wildman–Crippen LogP) is -0.401. The second kappa shape index (κ2) is 4.90. The van der Waals surface area contributed by atoms with Gasteiger partial charge in [0, 0.05) is 13.2 Å². The van der Waals surface area contributed by atoms with Crippen LogP contribution >= 0.6 is 0 Å². The van der Waals surface area contributed by atoms with Crippen molar-refractivity contribution in [3.63, 3.8) is 0 Å². The van der Waals surface area contributed by atoms with Crippen molar-refractivity contribution in [2.75, 3.05) is 5.73 Å². The number of ketones is 1. The Balaban J connectivity index is 3.22. The number of carbonyl (C=O) groups excluding carboxylic acids is 1. The molecule has 1 unspecified atom stereocenters. The van der Waals surface area contributed by atoms with Crippen LogP contribution in [0.3, 0.4) is 0 Å². The molecule has 0 spiro atoms. The highest BCUT2D eigenvalue weighted by Gasteiger charge is 2.22. The molecule has 1 aromatic rings. The van der Waals surface area contributed by atoms with Crippen LogP contribution in [-0.2, 0) is 7.05 Å². The lowest BCUT2D eigenvalue weighted by molar-refractivity contribution is 0.0950. The molecule has 0 aliphatic carbocycles. The van der Waals surface area contributed by atoms with E-state index in [2.05, 4.69) is 4.98 Å². The Morgan fingerprint density at radius 3 is 2.82 bits per heavy atom. The van der Waals surface area contributed by atoms with Crippen LogP contribution in [0.5, 0.6) is 0 Å². The van der Waals surface area contributed by atoms with Crippen LogP contribution in [0.1, 0.15) is 16.8 Å². The molecule has 2 N–H and O–H groups in total. The first-order valence-electron chi connectivity index (χ1n) is 4.65. The van der Waals surface area contributed by atoms with Gasteiger partial charge in [0.2, 0.25) is 0 Å². The number of nitrogens with zero attached hydrogens (tertiary/aromatic N) is 4. The van der Waals surface area contributed by atoms with Gasteiger partial charge in [-0.05, 0) is 0 Å². The molecule has 1 rings (SSSR count). The first-order chi connectivity index (χ1) is 8.01. The standard InChI is InChI=1S/C10H9N5O2/c1-15-5-7(9(13)14-10(15)17)8(16)6(4-12)2-3-11/h5-6H,2H2,1H3,(H2,13,14,17). The number of nitrogen functional groups attached to an aromatic ring is 1. The summed E-state index contributed by atoms with van der Waals surface area (Å²) < 4.78 is 1.09. The Kier molecular flexibility index (Phi) is 3.58. The van der Waals surface area contributed by atoms with E-state index in [-0.39, 0.29) is 17.8 Å². The molecule has 1 atom stereocenters. The number of nitriles is 2. The van der Waals surface area contributed by atoms with Gasteiger partial charge < -0.3 is 10.3 Å². The molecule has 7 heteroatoms. The first kappa shape index (κ1) is 12.4. The molecule has 86 valence electrons. The number of nitrogens with two attached hydrogens (primary N) is 1. The molecule has 0 amide bonds. The lowest BCUT2D eigenvalue weighted by Gasteiger charge is -2.07. The van der Waals surface area contributed by atoms with Crippen molar-refractivity contribution in [1.29, 1.82) is 10.5 Å². The summed E-state index contributed by atoms with van der Waals surface area (Å²) in [6.07, 6.45) is 0.992. The summed E-state index contributed by atoms with van der Waals surface area (Å²) in [4.78, 5) is 26.4. The highest BCUT2D eigenvalue weighted by atomic mass is 16.1. The molecule has 0 saturated carbocycles. The number of Topliss-reactive ketones (excluding diaryl/α,β-unsaturated/α-hetero) is 1. The Morgan fingerprint density at radius 1 is 1.65 bits per heavy atom. The van der Waals surface area contributed by atoms with E-state index < -0.39 is 17.4 Å².